The maximum absolute atomic E-state index is 9.40. The largest absolute Gasteiger partial charge is 0.396 e. The van der Waals surface area contributed by atoms with E-state index in [2.05, 4.69) is 18.7 Å². The van der Waals surface area contributed by atoms with E-state index >= 15 is 0 Å². The number of aliphatic hydroxyl groups is 1. The molecule has 2 fully saturated rings. The van der Waals surface area contributed by atoms with Crippen LogP contribution in [0.15, 0.2) is 0 Å². The molecule has 1 spiro atoms. The quantitative estimate of drug-likeness (QED) is 0.706. The molecule has 2 nitrogen and oxygen atoms in total. The Labute approximate surface area is 84.3 Å². The van der Waals surface area contributed by atoms with Crippen molar-refractivity contribution in [2.24, 2.45) is 16.6 Å². The van der Waals surface area contributed by atoms with E-state index in [1.165, 1.54) is 18.6 Å². The normalized spacial score (nSPS) is 49.6. The third-order valence-corrected chi connectivity index (χ3v) is 5.67. The SMILES string of the molecule is CC1SCCCC12CC2(CN)CO. The van der Waals surface area contributed by atoms with Crippen molar-refractivity contribution in [3.05, 3.63) is 0 Å². The topological polar surface area (TPSA) is 46.2 Å². The minimum Gasteiger partial charge on any atom is -0.396 e. The van der Waals surface area contributed by atoms with Gasteiger partial charge >= 0.3 is 0 Å². The Kier molecular flexibility index (Phi) is 2.37. The molecule has 3 N–H and O–H groups in total. The summed E-state index contributed by atoms with van der Waals surface area (Å²) >= 11 is 2.05. The molecule has 0 aromatic heterocycles. The van der Waals surface area contributed by atoms with E-state index in [0.717, 1.165) is 6.42 Å². The molecule has 1 aliphatic carbocycles. The van der Waals surface area contributed by atoms with E-state index in [0.29, 0.717) is 17.2 Å². The third kappa shape index (κ3) is 1.17. The second-order valence-electron chi connectivity index (χ2n) is 4.59. The van der Waals surface area contributed by atoms with Crippen molar-refractivity contribution in [2.45, 2.75) is 31.4 Å². The molecular formula is C10H19NOS. The molecule has 1 heterocycles. The molecule has 3 unspecified atom stereocenters. The van der Waals surface area contributed by atoms with Crippen molar-refractivity contribution in [3.8, 4) is 0 Å². The molecule has 2 rings (SSSR count). The zero-order valence-electron chi connectivity index (χ0n) is 8.25. The Morgan fingerprint density at radius 2 is 2.38 bits per heavy atom. The standard InChI is InChI=1S/C10H19NOS/c1-8-10(3-2-4-13-8)5-9(10,6-11)7-12/h8,12H,2-7,11H2,1H3. The molecule has 0 aromatic carbocycles. The fourth-order valence-electron chi connectivity index (χ4n) is 3.05. The van der Waals surface area contributed by atoms with Gasteiger partial charge in [0.1, 0.15) is 0 Å². The van der Waals surface area contributed by atoms with Crippen LogP contribution >= 0.6 is 11.8 Å². The summed E-state index contributed by atoms with van der Waals surface area (Å²) in [7, 11) is 0. The van der Waals surface area contributed by atoms with E-state index in [1.54, 1.807) is 0 Å². The molecule has 2 aliphatic rings. The van der Waals surface area contributed by atoms with Crippen LogP contribution in [0.25, 0.3) is 0 Å². The molecule has 76 valence electrons. The van der Waals surface area contributed by atoms with Crippen LogP contribution in [-0.2, 0) is 0 Å². The third-order valence-electron chi connectivity index (χ3n) is 4.19. The fourth-order valence-corrected chi connectivity index (χ4v) is 4.49. The van der Waals surface area contributed by atoms with Gasteiger partial charge in [-0.15, -0.1) is 0 Å². The van der Waals surface area contributed by atoms with Gasteiger partial charge in [-0.25, -0.2) is 0 Å². The monoisotopic (exact) mass is 201 g/mol. The summed E-state index contributed by atoms with van der Waals surface area (Å²) in [6, 6.07) is 0. The number of aliphatic hydroxyl groups excluding tert-OH is 1. The fraction of sp³-hybridized carbons (Fsp3) is 1.00. The van der Waals surface area contributed by atoms with E-state index in [-0.39, 0.29) is 12.0 Å². The summed E-state index contributed by atoms with van der Waals surface area (Å²) in [5.41, 5.74) is 6.25. The van der Waals surface area contributed by atoms with Gasteiger partial charge in [-0.1, -0.05) is 6.92 Å². The van der Waals surface area contributed by atoms with Crippen molar-refractivity contribution < 1.29 is 5.11 Å². The van der Waals surface area contributed by atoms with Crippen molar-refractivity contribution in [2.75, 3.05) is 18.9 Å². The lowest BCUT2D eigenvalue weighted by atomic mass is 9.86. The van der Waals surface area contributed by atoms with Gasteiger partial charge in [0.05, 0.1) is 6.61 Å². The number of nitrogens with two attached hydrogens (primary N) is 1. The summed E-state index contributed by atoms with van der Waals surface area (Å²) in [5.74, 6) is 1.29. The smallest absolute Gasteiger partial charge is 0.0505 e. The zero-order valence-corrected chi connectivity index (χ0v) is 9.07. The van der Waals surface area contributed by atoms with Crippen molar-refractivity contribution in [1.82, 2.24) is 0 Å². The Hall–Kier alpha value is 0.270. The van der Waals surface area contributed by atoms with Crippen LogP contribution in [-0.4, -0.2) is 29.3 Å². The van der Waals surface area contributed by atoms with Crippen molar-refractivity contribution in [1.29, 1.82) is 0 Å². The van der Waals surface area contributed by atoms with Crippen molar-refractivity contribution in [3.63, 3.8) is 0 Å². The van der Waals surface area contributed by atoms with E-state index in [4.69, 9.17) is 5.73 Å². The van der Waals surface area contributed by atoms with Gasteiger partial charge in [0.15, 0.2) is 0 Å². The predicted octanol–water partition coefficient (Wildman–Crippen LogP) is 1.23. The highest BCUT2D eigenvalue weighted by Gasteiger charge is 2.68. The molecule has 0 amide bonds. The molecule has 1 saturated heterocycles. The first kappa shape index (κ1) is 9.81. The lowest BCUT2D eigenvalue weighted by Gasteiger charge is -2.33. The highest BCUT2D eigenvalue weighted by molar-refractivity contribution is 7.99. The van der Waals surface area contributed by atoms with Crippen LogP contribution in [0.5, 0.6) is 0 Å². The van der Waals surface area contributed by atoms with E-state index < -0.39 is 0 Å². The number of rotatable bonds is 2. The molecule has 1 saturated carbocycles. The lowest BCUT2D eigenvalue weighted by molar-refractivity contribution is 0.168. The Balaban J connectivity index is 2.14. The van der Waals surface area contributed by atoms with Gasteiger partial charge in [0.2, 0.25) is 0 Å². The highest BCUT2D eigenvalue weighted by atomic mass is 32.2. The van der Waals surface area contributed by atoms with Crippen LogP contribution in [0.1, 0.15) is 26.2 Å². The molecular weight excluding hydrogens is 182 g/mol. The second-order valence-corrected chi connectivity index (χ2v) is 6.04. The lowest BCUT2D eigenvalue weighted by Crippen LogP contribution is -2.34. The van der Waals surface area contributed by atoms with E-state index in [9.17, 15) is 5.11 Å². The number of thioether (sulfide) groups is 1. The zero-order chi connectivity index (χ0) is 9.53. The first-order valence-electron chi connectivity index (χ1n) is 5.13. The summed E-state index contributed by atoms with van der Waals surface area (Å²) < 4.78 is 0. The van der Waals surface area contributed by atoms with Gasteiger partial charge in [-0.3, -0.25) is 0 Å². The maximum atomic E-state index is 9.40. The van der Waals surface area contributed by atoms with Gasteiger partial charge < -0.3 is 10.8 Å². The predicted molar refractivity (Wildman–Crippen MR) is 56.8 cm³/mol. The van der Waals surface area contributed by atoms with Gasteiger partial charge in [0.25, 0.3) is 0 Å². The summed E-state index contributed by atoms with van der Waals surface area (Å²) in [5, 5.41) is 10.1. The maximum Gasteiger partial charge on any atom is 0.0505 e. The molecule has 13 heavy (non-hydrogen) atoms. The van der Waals surface area contributed by atoms with Crippen LogP contribution in [0, 0.1) is 10.8 Å². The van der Waals surface area contributed by atoms with Crippen molar-refractivity contribution >= 4 is 11.8 Å². The average molecular weight is 201 g/mol. The number of hydrogen-bond donors (Lipinski definition) is 2. The molecule has 0 aromatic rings. The summed E-state index contributed by atoms with van der Waals surface area (Å²) in [4.78, 5) is 0. The van der Waals surface area contributed by atoms with Gasteiger partial charge in [0, 0.05) is 17.2 Å². The minimum atomic E-state index is 0.0832. The van der Waals surface area contributed by atoms with Gasteiger partial charge in [-0.05, 0) is 30.4 Å². The second kappa shape index (κ2) is 3.14. The average Bonchev–Trinajstić information content (AvgIpc) is 2.81. The Morgan fingerprint density at radius 1 is 1.62 bits per heavy atom. The molecule has 0 bridgehead atoms. The Morgan fingerprint density at radius 3 is 2.85 bits per heavy atom. The summed E-state index contributed by atoms with van der Waals surface area (Å²) in [6.45, 7) is 3.25. The molecule has 3 heteroatoms. The first-order valence-corrected chi connectivity index (χ1v) is 6.18. The highest BCUT2D eigenvalue weighted by Crippen LogP contribution is 2.71. The van der Waals surface area contributed by atoms with Gasteiger partial charge in [-0.2, -0.15) is 11.8 Å². The van der Waals surface area contributed by atoms with Crippen LogP contribution in [0.2, 0.25) is 0 Å². The van der Waals surface area contributed by atoms with Crippen LogP contribution in [0.3, 0.4) is 0 Å². The summed E-state index contributed by atoms with van der Waals surface area (Å²) in [6.07, 6.45) is 3.73. The number of hydrogen-bond acceptors (Lipinski definition) is 3. The Bertz CT molecular complexity index is 205. The molecule has 3 atom stereocenters. The van der Waals surface area contributed by atoms with E-state index in [1.807, 2.05) is 0 Å². The van der Waals surface area contributed by atoms with Crippen LogP contribution in [0.4, 0.5) is 0 Å². The molecule has 0 radical (unpaired) electrons. The molecule has 1 aliphatic heterocycles. The van der Waals surface area contributed by atoms with Crippen LogP contribution < -0.4 is 5.73 Å². The first-order chi connectivity index (χ1) is 6.21. The minimum absolute atomic E-state index is 0.0832.